The molecule has 7 heteroatoms. The first-order valence-corrected chi connectivity index (χ1v) is 10.2. The van der Waals surface area contributed by atoms with Crippen LogP contribution in [0, 0.1) is 0 Å². The van der Waals surface area contributed by atoms with Gasteiger partial charge in [-0.25, -0.2) is 10.0 Å². The van der Waals surface area contributed by atoms with Gasteiger partial charge in [0.25, 0.3) is 0 Å². The van der Waals surface area contributed by atoms with E-state index in [2.05, 4.69) is 27.7 Å². The van der Waals surface area contributed by atoms with E-state index in [4.69, 9.17) is 14.4 Å². The van der Waals surface area contributed by atoms with E-state index >= 15 is 0 Å². The van der Waals surface area contributed by atoms with Crippen LogP contribution < -0.4 is 0 Å². The van der Waals surface area contributed by atoms with E-state index in [0.717, 1.165) is 0 Å². The third-order valence-corrected chi connectivity index (χ3v) is 7.65. The van der Waals surface area contributed by atoms with Gasteiger partial charge in [-0.1, -0.05) is 27.7 Å². The summed E-state index contributed by atoms with van der Waals surface area (Å²) in [6.45, 7) is 9.40. The van der Waals surface area contributed by atoms with E-state index in [1.165, 1.54) is 48.7 Å². The van der Waals surface area contributed by atoms with Crippen LogP contribution in [0.5, 0.6) is 0 Å². The van der Waals surface area contributed by atoms with E-state index in [-0.39, 0.29) is 45.1 Å². The summed E-state index contributed by atoms with van der Waals surface area (Å²) in [5.74, 6) is 6.12. The van der Waals surface area contributed by atoms with E-state index in [9.17, 15) is 0 Å². The van der Waals surface area contributed by atoms with Crippen LogP contribution in [0.3, 0.4) is 0 Å². The summed E-state index contributed by atoms with van der Waals surface area (Å²) in [5, 5.41) is 0. The van der Waals surface area contributed by atoms with Crippen LogP contribution in [0.1, 0.15) is 53.4 Å². The maximum atomic E-state index is 8.74. The molecule has 0 aliphatic rings. The van der Waals surface area contributed by atoms with Crippen LogP contribution in [0.2, 0.25) is 0 Å². The van der Waals surface area contributed by atoms with Crippen LogP contribution in [0.25, 0.3) is 0 Å². The fourth-order valence-corrected chi connectivity index (χ4v) is 7.03. The third kappa shape index (κ3) is 19.5. The molecule has 0 saturated heterocycles. The van der Waals surface area contributed by atoms with Crippen LogP contribution in [0.15, 0.2) is 0 Å². The molecule has 0 atom stereocenters. The van der Waals surface area contributed by atoms with Crippen molar-refractivity contribution in [1.82, 2.24) is 0 Å². The summed E-state index contributed by atoms with van der Waals surface area (Å²) >= 11 is 0. The number of rotatable bonds is 8. The van der Waals surface area contributed by atoms with Gasteiger partial charge in [-0.2, -0.15) is 0 Å². The molecule has 0 unspecified atom stereocenters. The summed E-state index contributed by atoms with van der Waals surface area (Å²) in [5.41, 5.74) is 0. The second kappa shape index (κ2) is 19.5. The first-order chi connectivity index (χ1) is 7.97. The fraction of sp³-hybridized carbons (Fsp3) is 1.00. The van der Waals surface area contributed by atoms with Gasteiger partial charge in [-0.05, 0) is 48.7 Å². The minimum atomic E-state index is -3.13. The van der Waals surface area contributed by atoms with Crippen molar-refractivity contribution in [3.05, 3.63) is 0 Å². The van der Waals surface area contributed by atoms with Gasteiger partial charge in [0.1, 0.15) is 0 Å². The van der Waals surface area contributed by atoms with Gasteiger partial charge in [0.05, 0.1) is 0 Å². The van der Waals surface area contributed by atoms with E-state index in [1.54, 1.807) is 0 Å². The van der Waals surface area contributed by atoms with Crippen molar-refractivity contribution in [2.45, 2.75) is 53.4 Å². The molecule has 0 bridgehead atoms. The maximum absolute atomic E-state index is 8.74. The second-order valence-corrected chi connectivity index (χ2v) is 8.97. The first-order valence-electron chi connectivity index (χ1n) is 6.63. The molecule has 19 heavy (non-hydrogen) atoms. The Labute approximate surface area is 143 Å². The van der Waals surface area contributed by atoms with Gasteiger partial charge in [0, 0.05) is 0 Å². The summed E-state index contributed by atoms with van der Waals surface area (Å²) in [6, 6.07) is 0. The standard InChI is InChI=1S/C12H28S.Na.H3O3P.H2O.H/c1-5-9-13(10-6-2,11-7-3)12-8-4;;1-4(2)3;;/h5-12H2,1-4H3;;4H,(H2,1,2,3);1H2;. The Morgan fingerprint density at radius 2 is 0.947 bits per heavy atom. The van der Waals surface area contributed by atoms with Crippen LogP contribution in [0.4, 0.5) is 0 Å². The molecule has 4 N–H and O–H groups in total. The summed E-state index contributed by atoms with van der Waals surface area (Å²) in [4.78, 5) is 14.3. The van der Waals surface area contributed by atoms with Crippen LogP contribution in [-0.4, -0.2) is 67.8 Å². The van der Waals surface area contributed by atoms with Gasteiger partial charge in [-0.3, -0.25) is 4.57 Å². The molecule has 0 heterocycles. The van der Waals surface area contributed by atoms with Crippen molar-refractivity contribution in [3.8, 4) is 0 Å². The molecule has 0 fully saturated rings. The first kappa shape index (κ1) is 28.6. The zero-order valence-electron chi connectivity index (χ0n) is 12.4. The Morgan fingerprint density at radius 3 is 1.05 bits per heavy atom. The average molecular weight is 328 g/mol. The Kier molecular flexibility index (Phi) is 29.3. The molecular weight excluding hydrogens is 294 g/mol. The van der Waals surface area contributed by atoms with E-state index in [1.807, 2.05) is 0 Å². The molecule has 0 saturated carbocycles. The second-order valence-electron chi connectivity index (χ2n) is 4.32. The van der Waals surface area contributed by atoms with Gasteiger partial charge in [-0.15, -0.1) is 0 Å². The van der Waals surface area contributed by atoms with Gasteiger partial charge in [0.2, 0.25) is 0 Å². The quantitative estimate of drug-likeness (QED) is 0.529. The minimum absolute atomic E-state index is 0. The summed E-state index contributed by atoms with van der Waals surface area (Å²) in [6.07, 6.45) is 5.59. The Hall–Kier alpha value is 1.46. The molecule has 0 spiro atoms. The van der Waals surface area contributed by atoms with E-state index in [0.29, 0.717) is 0 Å². The van der Waals surface area contributed by atoms with Gasteiger partial charge in [0.15, 0.2) is 0 Å². The molecule has 0 amide bonds. The molecule has 4 nitrogen and oxygen atoms in total. The van der Waals surface area contributed by atoms with Crippen LogP contribution in [-0.2, 0) is 4.57 Å². The molecule has 0 aliphatic carbocycles. The Balaban J connectivity index is -0.000000165. The summed E-state index contributed by atoms with van der Waals surface area (Å²) in [7, 11) is -3.33. The zero-order chi connectivity index (χ0) is 13.7. The van der Waals surface area contributed by atoms with Crippen LogP contribution >= 0.6 is 18.3 Å². The summed E-state index contributed by atoms with van der Waals surface area (Å²) < 4.78 is 8.74. The third-order valence-electron chi connectivity index (χ3n) is 2.55. The fourth-order valence-electron chi connectivity index (χ4n) is 2.34. The molecule has 0 radical (unpaired) electrons. The predicted molar refractivity (Wildman–Crippen MR) is 92.4 cm³/mol. The average Bonchev–Trinajstić information content (AvgIpc) is 2.18. The SMILES string of the molecule is CCCS(CCC)(CCC)CCC.O.O=[PH](O)O.[NaH]. The van der Waals surface area contributed by atoms with Crippen molar-refractivity contribution >= 4 is 47.8 Å². The Bertz CT molecular complexity index is 163. The topological polar surface area (TPSA) is 89.0 Å². The molecule has 0 aromatic rings. The van der Waals surface area contributed by atoms with Gasteiger partial charge < -0.3 is 15.3 Å². The number of hydrogen-bond acceptors (Lipinski definition) is 1. The molecular formula is C12H34NaO4PS. The monoisotopic (exact) mass is 328 g/mol. The zero-order valence-corrected chi connectivity index (χ0v) is 14.2. The van der Waals surface area contributed by atoms with Crippen molar-refractivity contribution < 1.29 is 19.8 Å². The molecule has 0 aliphatic heterocycles. The van der Waals surface area contributed by atoms with E-state index < -0.39 is 8.25 Å². The normalized spacial score (nSPS) is 10.9. The van der Waals surface area contributed by atoms with Crippen molar-refractivity contribution in [2.75, 3.05) is 23.0 Å². The Morgan fingerprint density at radius 1 is 0.789 bits per heavy atom. The van der Waals surface area contributed by atoms with Gasteiger partial charge >= 0.3 is 37.8 Å². The molecule has 118 valence electrons. The molecule has 0 aromatic carbocycles. The molecule has 0 rings (SSSR count). The predicted octanol–water partition coefficient (Wildman–Crippen LogP) is 2.32. The van der Waals surface area contributed by atoms with Crippen molar-refractivity contribution in [3.63, 3.8) is 0 Å². The molecule has 0 aromatic heterocycles. The van der Waals surface area contributed by atoms with Crippen molar-refractivity contribution in [2.24, 2.45) is 0 Å². The number of hydrogen-bond donors (Lipinski definition) is 2. The van der Waals surface area contributed by atoms with Crippen molar-refractivity contribution in [1.29, 1.82) is 0 Å².